The van der Waals surface area contributed by atoms with E-state index in [1.54, 1.807) is 0 Å². The Morgan fingerprint density at radius 3 is 1.22 bits per heavy atom. The van der Waals surface area contributed by atoms with Crippen molar-refractivity contribution in [2.75, 3.05) is 26.5 Å². The van der Waals surface area contributed by atoms with Gasteiger partial charge in [0.1, 0.15) is 19.6 Å². The topological polar surface area (TPSA) is 158 Å². The highest BCUT2D eigenvalue weighted by atomic mass is 32.3. The maximum Gasteiger partial charge on any atom is 0.476 e. The van der Waals surface area contributed by atoms with E-state index in [9.17, 15) is 142 Å². The molecule has 2 unspecified atom stereocenters. The molecule has 44 heteroatoms. The quantitative estimate of drug-likeness (QED) is 0.0686. The molecule has 0 aliphatic rings. The second-order valence-corrected chi connectivity index (χ2v) is 13.2. The first-order valence-corrected chi connectivity index (χ1v) is 17.5. The van der Waals surface area contributed by atoms with Crippen LogP contribution in [0.3, 0.4) is 0 Å². The Balaban J connectivity index is -0.000000268. The molecule has 0 aromatic heterocycles. The number of alkyl halides is 21. The summed E-state index contributed by atoms with van der Waals surface area (Å²) in [6.45, 7) is -3.58. The molecule has 394 valence electrons. The Hall–Kier alpha value is -3.68. The van der Waals surface area contributed by atoms with Crippen LogP contribution in [-0.2, 0) is 59.7 Å². The molecule has 0 heterocycles. The maximum atomic E-state index is 13.8. The van der Waals surface area contributed by atoms with E-state index in [0.717, 1.165) is 0 Å². The lowest BCUT2D eigenvalue weighted by Crippen LogP contribution is -2.61. The zero-order valence-corrected chi connectivity index (χ0v) is 31.7. The number of halogens is 29. The standard InChI is InChI=1S/C10H8F12O5S.C5H2F8O.C4H5F3O3S.C2H2F4O.F2O2S/c1-2-25-3-5(7(13,14)15)27-10(20,21)8(16,9(17,18)19)26-4-6(11,12)28(22,23)24;6-2(7)3(8)14-5(12,13)1-4(9,10)11;1-2-10-3-4(5,6)11(7,8)9;3-1-2(4,5)7-6;1-5(2,3)4/h2,5H,1,3-4H2;1H2;2H,1,3H2;1H2;. The van der Waals surface area contributed by atoms with Crippen molar-refractivity contribution in [2.24, 2.45) is 0 Å². The van der Waals surface area contributed by atoms with Gasteiger partial charge in [0.15, 0.2) is 19.4 Å². The summed E-state index contributed by atoms with van der Waals surface area (Å²) < 4.78 is 415. The number of rotatable bonds is 19. The summed E-state index contributed by atoms with van der Waals surface area (Å²) in [5.74, 6) is -6.74. The first-order chi connectivity index (χ1) is 28.1. The zero-order valence-electron chi connectivity index (χ0n) is 29.3. The van der Waals surface area contributed by atoms with Crippen LogP contribution in [0.15, 0.2) is 37.8 Å². The van der Waals surface area contributed by atoms with Gasteiger partial charge in [-0.2, -0.15) is 126 Å². The number of hydrogen-bond donors (Lipinski definition) is 0. The largest absolute Gasteiger partial charge is 0.499 e. The van der Waals surface area contributed by atoms with Crippen LogP contribution in [0, 0.1) is 0 Å². The van der Waals surface area contributed by atoms with E-state index in [1.165, 1.54) is 0 Å². The second-order valence-electron chi connectivity index (χ2n) is 9.47. The van der Waals surface area contributed by atoms with Crippen molar-refractivity contribution in [3.8, 4) is 0 Å². The van der Waals surface area contributed by atoms with E-state index in [4.69, 9.17) is 8.42 Å². The van der Waals surface area contributed by atoms with Crippen LogP contribution in [0.1, 0.15) is 6.42 Å². The molecule has 0 aromatic carbocycles. The van der Waals surface area contributed by atoms with E-state index in [0.29, 0.717) is 6.26 Å². The summed E-state index contributed by atoms with van der Waals surface area (Å²) in [6.07, 6.45) is -43.5. The molecule has 65 heavy (non-hydrogen) atoms. The minimum atomic E-state index is -7.06. The predicted molar refractivity (Wildman–Crippen MR) is 145 cm³/mol. The molecule has 0 saturated heterocycles. The molecule has 0 aromatic rings. The molecule has 0 spiro atoms. The molecule has 2 atom stereocenters. The van der Waals surface area contributed by atoms with Gasteiger partial charge in [0.25, 0.3) is 0 Å². The molecule has 0 radical (unpaired) electrons. The first-order valence-electron chi connectivity index (χ1n) is 13.4. The second kappa shape index (κ2) is 26.0. The SMILES string of the molecule is C=COCC(F)(F)S(=O)(=O)F.C=COCC(OC(F)(F)C(F)(OCC(F)(F)S(=O)(=O)F)C(F)(F)F)C(F)(F)F.FC(F)=C(F)OC(F)(F)CC(F)(F)F.FCC(F)(F)OF.O=S(=O)(F)F. The molecular formula is C21H17F29O12S3. The van der Waals surface area contributed by atoms with Crippen LogP contribution in [-0.4, -0.2) is 111 Å². The Morgan fingerprint density at radius 2 is 0.969 bits per heavy atom. The molecule has 0 N–H and O–H groups in total. The van der Waals surface area contributed by atoms with Crippen molar-refractivity contribution in [1.82, 2.24) is 0 Å². The van der Waals surface area contributed by atoms with Gasteiger partial charge in [-0.1, -0.05) is 28.7 Å². The lowest BCUT2D eigenvalue weighted by Gasteiger charge is -2.36. The van der Waals surface area contributed by atoms with Gasteiger partial charge in [0, 0.05) is 0 Å². The van der Waals surface area contributed by atoms with E-state index in [-0.39, 0.29) is 6.26 Å². The van der Waals surface area contributed by atoms with Crippen LogP contribution in [0.5, 0.6) is 0 Å². The monoisotopic (exact) mass is 1110 g/mol. The average molecular weight is 1110 g/mol. The van der Waals surface area contributed by atoms with Gasteiger partial charge < -0.3 is 18.9 Å². The lowest BCUT2D eigenvalue weighted by molar-refractivity contribution is -0.477. The fraction of sp³-hybridized carbons (Fsp3) is 0.714. The molecule has 0 bridgehead atoms. The molecule has 0 saturated carbocycles. The highest BCUT2D eigenvalue weighted by Gasteiger charge is 2.76. The molecule has 0 rings (SSSR count). The predicted octanol–water partition coefficient (Wildman–Crippen LogP) is 10.1. The summed E-state index contributed by atoms with van der Waals surface area (Å²) in [5.41, 5.74) is 0. The van der Waals surface area contributed by atoms with Crippen molar-refractivity contribution < 1.29 is 179 Å². The molecule has 0 aliphatic carbocycles. The summed E-state index contributed by atoms with van der Waals surface area (Å²) in [4.78, 5) is 1.88. The Kier molecular flexibility index (Phi) is 28.2. The minimum Gasteiger partial charge on any atom is -0.499 e. The van der Waals surface area contributed by atoms with Crippen molar-refractivity contribution in [3.05, 3.63) is 37.8 Å². The lowest BCUT2D eigenvalue weighted by atomic mass is 10.2. The van der Waals surface area contributed by atoms with Gasteiger partial charge in [-0.3, -0.25) is 4.74 Å². The number of hydrogen-bond acceptors (Lipinski definition) is 12. The van der Waals surface area contributed by atoms with E-state index in [1.807, 2.05) is 4.94 Å². The van der Waals surface area contributed by atoms with Crippen LogP contribution in [0.2, 0.25) is 0 Å². The molecule has 0 aliphatic heterocycles. The molecular weight excluding hydrogens is 1090 g/mol. The van der Waals surface area contributed by atoms with Crippen LogP contribution >= 0.6 is 0 Å². The van der Waals surface area contributed by atoms with E-state index >= 15 is 0 Å². The van der Waals surface area contributed by atoms with Gasteiger partial charge in [-0.05, 0) is 4.53 Å². The van der Waals surface area contributed by atoms with Crippen molar-refractivity contribution >= 4 is 31.1 Å². The van der Waals surface area contributed by atoms with E-state index in [2.05, 4.69) is 36.8 Å². The summed E-state index contributed by atoms with van der Waals surface area (Å²) in [5, 5.41) is -10.5. The van der Waals surface area contributed by atoms with Gasteiger partial charge in [-0.15, -0.1) is 4.94 Å². The highest BCUT2D eigenvalue weighted by Crippen LogP contribution is 2.49. The molecule has 0 fully saturated rings. The highest BCUT2D eigenvalue weighted by molar-refractivity contribution is 7.87. The van der Waals surface area contributed by atoms with Crippen LogP contribution in [0.25, 0.3) is 0 Å². The normalized spacial score (nSPS) is 14.7. The number of ether oxygens (including phenoxy) is 5. The van der Waals surface area contributed by atoms with Gasteiger partial charge in [0.2, 0.25) is 0 Å². The zero-order chi connectivity index (χ0) is 53.9. The van der Waals surface area contributed by atoms with Crippen molar-refractivity contribution in [3.63, 3.8) is 0 Å². The Morgan fingerprint density at radius 1 is 0.600 bits per heavy atom. The van der Waals surface area contributed by atoms with E-state index < -0.39 is 135 Å². The first kappa shape index (κ1) is 70.3. The van der Waals surface area contributed by atoms with Crippen molar-refractivity contribution in [2.45, 2.75) is 65.7 Å². The van der Waals surface area contributed by atoms with Gasteiger partial charge in [0.05, 0.1) is 12.5 Å². The smallest absolute Gasteiger partial charge is 0.476 e. The fourth-order valence-electron chi connectivity index (χ4n) is 1.88. The fourth-order valence-corrected chi connectivity index (χ4v) is 2.28. The summed E-state index contributed by atoms with van der Waals surface area (Å²) in [7, 11) is -18.6. The van der Waals surface area contributed by atoms with Crippen molar-refractivity contribution in [1.29, 1.82) is 0 Å². The third kappa shape index (κ3) is 31.8. The summed E-state index contributed by atoms with van der Waals surface area (Å²) >= 11 is 0. The summed E-state index contributed by atoms with van der Waals surface area (Å²) in [6, 6.07) is -3.03. The Labute approximate surface area is 340 Å². The van der Waals surface area contributed by atoms with Crippen LogP contribution < -0.4 is 0 Å². The molecule has 0 amide bonds. The minimum absolute atomic E-state index is 0.218. The Bertz CT molecular complexity index is 1780. The van der Waals surface area contributed by atoms with Gasteiger partial charge >= 0.3 is 96.4 Å². The third-order valence-corrected chi connectivity index (χ3v) is 6.01. The third-order valence-electron chi connectivity index (χ3n) is 4.34. The van der Waals surface area contributed by atoms with Crippen LogP contribution in [0.4, 0.5) is 125 Å². The average Bonchev–Trinajstić information content (AvgIpc) is 3.04. The molecule has 12 nitrogen and oxygen atoms in total. The maximum absolute atomic E-state index is 13.8. The van der Waals surface area contributed by atoms with Gasteiger partial charge in [-0.25, -0.2) is 4.39 Å².